The van der Waals surface area contributed by atoms with Crippen molar-refractivity contribution in [1.29, 1.82) is 0 Å². The molecule has 12 heavy (non-hydrogen) atoms. The first kappa shape index (κ1) is 6.91. The first-order valence-corrected chi connectivity index (χ1v) is 3.65. The van der Waals surface area contributed by atoms with Gasteiger partial charge in [0.15, 0.2) is 0 Å². The third-order valence-corrected chi connectivity index (χ3v) is 1.77. The molecule has 0 amide bonds. The largest absolute Gasteiger partial charge is 0.385 e. The Morgan fingerprint density at radius 3 is 2.83 bits per heavy atom. The average Bonchev–Trinajstić information content (AvgIpc) is 2.04. The van der Waals surface area contributed by atoms with Gasteiger partial charge in [0.05, 0.1) is 0 Å². The van der Waals surface area contributed by atoms with Crippen LogP contribution in [-0.4, -0.2) is 4.98 Å². The van der Waals surface area contributed by atoms with Crippen molar-refractivity contribution in [3.63, 3.8) is 0 Å². The van der Waals surface area contributed by atoms with E-state index in [1.807, 2.05) is 18.2 Å². The number of nitrogens with one attached hydrogen (secondary N) is 1. The van der Waals surface area contributed by atoms with Crippen LogP contribution in [0.4, 0.5) is 5.82 Å². The van der Waals surface area contributed by atoms with E-state index in [2.05, 4.69) is 4.98 Å². The first-order chi connectivity index (χ1) is 5.77. The molecule has 0 radical (unpaired) electrons. The van der Waals surface area contributed by atoms with Crippen molar-refractivity contribution in [3.05, 3.63) is 40.7 Å². The predicted molar refractivity (Wildman–Crippen MR) is 49.0 cm³/mol. The normalized spacial score (nSPS) is 10.3. The molecule has 1 heterocycles. The van der Waals surface area contributed by atoms with Crippen LogP contribution < -0.4 is 11.3 Å². The minimum absolute atomic E-state index is 0.134. The summed E-state index contributed by atoms with van der Waals surface area (Å²) in [5, 5.41) is 1.55. The molecule has 0 aliphatic rings. The summed E-state index contributed by atoms with van der Waals surface area (Å²) in [5.74, 6) is 0.402. The number of pyridine rings is 1. The van der Waals surface area contributed by atoms with Crippen molar-refractivity contribution < 1.29 is 0 Å². The summed E-state index contributed by atoms with van der Waals surface area (Å²) in [4.78, 5) is 13.8. The highest BCUT2D eigenvalue weighted by Crippen LogP contribution is 2.09. The number of nitrogens with two attached hydrogens (primary N) is 1. The minimum Gasteiger partial charge on any atom is -0.385 e. The van der Waals surface area contributed by atoms with Gasteiger partial charge in [-0.3, -0.25) is 4.79 Å². The molecule has 3 heteroatoms. The molecular formula is C9H8N2O. The summed E-state index contributed by atoms with van der Waals surface area (Å²) in [6, 6.07) is 9.08. The number of fused-ring (bicyclic) bond motifs is 1. The van der Waals surface area contributed by atoms with Crippen LogP contribution in [0.5, 0.6) is 0 Å². The highest BCUT2D eigenvalue weighted by molar-refractivity contribution is 5.83. The van der Waals surface area contributed by atoms with E-state index in [9.17, 15) is 4.79 Å². The van der Waals surface area contributed by atoms with Crippen LogP contribution >= 0.6 is 0 Å². The third-order valence-electron chi connectivity index (χ3n) is 1.77. The van der Waals surface area contributed by atoms with Gasteiger partial charge in [0.25, 0.3) is 5.56 Å². The Morgan fingerprint density at radius 2 is 2.00 bits per heavy atom. The highest BCUT2D eigenvalue weighted by atomic mass is 16.1. The Balaban J connectivity index is 2.99. The monoisotopic (exact) mass is 160 g/mol. The summed E-state index contributed by atoms with van der Waals surface area (Å²) in [5.41, 5.74) is 5.34. The molecule has 0 aliphatic heterocycles. The molecule has 0 saturated carbocycles. The number of benzene rings is 1. The number of anilines is 1. The number of hydrogen-bond acceptors (Lipinski definition) is 2. The van der Waals surface area contributed by atoms with Crippen molar-refractivity contribution in [2.24, 2.45) is 0 Å². The molecule has 0 fully saturated rings. The van der Waals surface area contributed by atoms with Gasteiger partial charge in [0.2, 0.25) is 0 Å². The Kier molecular flexibility index (Phi) is 1.37. The summed E-state index contributed by atoms with van der Waals surface area (Å²) in [6.07, 6.45) is 0. The fraction of sp³-hybridized carbons (Fsp3) is 0. The fourth-order valence-corrected chi connectivity index (χ4v) is 1.23. The lowest BCUT2D eigenvalue weighted by molar-refractivity contribution is 1.29. The van der Waals surface area contributed by atoms with Gasteiger partial charge in [-0.1, -0.05) is 18.2 Å². The third kappa shape index (κ3) is 0.955. The topological polar surface area (TPSA) is 58.9 Å². The van der Waals surface area contributed by atoms with Crippen LogP contribution in [0.1, 0.15) is 0 Å². The molecular weight excluding hydrogens is 152 g/mol. The zero-order chi connectivity index (χ0) is 8.55. The fourth-order valence-electron chi connectivity index (χ4n) is 1.23. The predicted octanol–water partition coefficient (Wildman–Crippen LogP) is 1.11. The zero-order valence-electron chi connectivity index (χ0n) is 6.37. The maximum absolute atomic E-state index is 11.3. The number of aromatic amines is 1. The van der Waals surface area contributed by atoms with Crippen molar-refractivity contribution in [2.45, 2.75) is 0 Å². The second kappa shape index (κ2) is 2.37. The Hall–Kier alpha value is -1.77. The summed E-state index contributed by atoms with van der Waals surface area (Å²) < 4.78 is 0. The van der Waals surface area contributed by atoms with Crippen LogP contribution in [0.3, 0.4) is 0 Å². The number of H-pyrrole nitrogens is 1. The van der Waals surface area contributed by atoms with E-state index >= 15 is 0 Å². The van der Waals surface area contributed by atoms with E-state index in [1.54, 1.807) is 12.1 Å². The molecule has 0 aliphatic carbocycles. The highest BCUT2D eigenvalue weighted by Gasteiger charge is 1.96. The second-order valence-electron chi connectivity index (χ2n) is 2.64. The molecule has 3 N–H and O–H groups in total. The molecule has 3 nitrogen and oxygen atoms in total. The van der Waals surface area contributed by atoms with Gasteiger partial charge >= 0.3 is 0 Å². The number of rotatable bonds is 0. The molecule has 0 unspecified atom stereocenters. The molecule has 0 saturated heterocycles. The Bertz CT molecular complexity index is 473. The summed E-state index contributed by atoms with van der Waals surface area (Å²) in [6.45, 7) is 0. The first-order valence-electron chi connectivity index (χ1n) is 3.65. The van der Waals surface area contributed by atoms with E-state index in [0.29, 0.717) is 11.2 Å². The molecule has 0 spiro atoms. The molecule has 2 rings (SSSR count). The molecule has 60 valence electrons. The molecule has 0 atom stereocenters. The standard InChI is InChI=1S/C9H8N2O/c10-8-5-6-3-1-2-4-7(6)9(12)11-8/h1-5H,(H3,10,11,12). The van der Waals surface area contributed by atoms with Gasteiger partial charge in [-0.25, -0.2) is 0 Å². The van der Waals surface area contributed by atoms with Crippen LogP contribution in [-0.2, 0) is 0 Å². The maximum Gasteiger partial charge on any atom is 0.257 e. The van der Waals surface area contributed by atoms with Gasteiger partial charge < -0.3 is 10.7 Å². The van der Waals surface area contributed by atoms with Crippen LogP contribution in [0.15, 0.2) is 35.1 Å². The minimum atomic E-state index is -0.134. The van der Waals surface area contributed by atoms with Crippen LogP contribution in [0.25, 0.3) is 10.8 Å². The second-order valence-corrected chi connectivity index (χ2v) is 2.64. The molecule has 0 bridgehead atoms. The summed E-state index contributed by atoms with van der Waals surface area (Å²) in [7, 11) is 0. The summed E-state index contributed by atoms with van der Waals surface area (Å²) >= 11 is 0. The lowest BCUT2D eigenvalue weighted by Crippen LogP contribution is -2.08. The van der Waals surface area contributed by atoms with Crippen LogP contribution in [0.2, 0.25) is 0 Å². The van der Waals surface area contributed by atoms with Gasteiger partial charge in [-0.2, -0.15) is 0 Å². The van der Waals surface area contributed by atoms with E-state index in [0.717, 1.165) is 5.39 Å². The Morgan fingerprint density at radius 1 is 1.25 bits per heavy atom. The number of aromatic nitrogens is 1. The van der Waals surface area contributed by atoms with Gasteiger partial charge in [0.1, 0.15) is 5.82 Å². The van der Waals surface area contributed by atoms with Gasteiger partial charge in [-0.05, 0) is 17.5 Å². The lowest BCUT2D eigenvalue weighted by atomic mass is 10.2. The maximum atomic E-state index is 11.3. The molecule has 1 aromatic carbocycles. The van der Waals surface area contributed by atoms with Crippen LogP contribution in [0, 0.1) is 0 Å². The quantitative estimate of drug-likeness (QED) is 0.606. The lowest BCUT2D eigenvalue weighted by Gasteiger charge is -1.96. The van der Waals surface area contributed by atoms with Crippen molar-refractivity contribution in [3.8, 4) is 0 Å². The van der Waals surface area contributed by atoms with Crippen molar-refractivity contribution in [2.75, 3.05) is 5.73 Å². The zero-order valence-corrected chi connectivity index (χ0v) is 6.37. The van der Waals surface area contributed by atoms with E-state index in [4.69, 9.17) is 5.73 Å². The van der Waals surface area contributed by atoms with E-state index in [-0.39, 0.29) is 5.56 Å². The molecule has 1 aromatic heterocycles. The smallest absolute Gasteiger partial charge is 0.257 e. The van der Waals surface area contributed by atoms with E-state index in [1.165, 1.54) is 0 Å². The average molecular weight is 160 g/mol. The Labute approximate surface area is 68.8 Å². The number of hydrogen-bond donors (Lipinski definition) is 2. The van der Waals surface area contributed by atoms with Crippen molar-refractivity contribution in [1.82, 2.24) is 4.98 Å². The van der Waals surface area contributed by atoms with Crippen molar-refractivity contribution >= 4 is 16.6 Å². The SMILES string of the molecule is Nc1cc2ccccc2c(=O)[nH]1. The molecule has 2 aromatic rings. The van der Waals surface area contributed by atoms with Gasteiger partial charge in [-0.15, -0.1) is 0 Å². The van der Waals surface area contributed by atoms with E-state index < -0.39 is 0 Å². The van der Waals surface area contributed by atoms with Gasteiger partial charge in [0, 0.05) is 5.39 Å². The number of nitrogen functional groups attached to an aromatic ring is 1.